The van der Waals surface area contributed by atoms with E-state index in [-0.39, 0.29) is 17.9 Å². The van der Waals surface area contributed by atoms with Crippen molar-refractivity contribution in [3.8, 4) is 0 Å². The van der Waals surface area contributed by atoms with Crippen LogP contribution in [0.25, 0.3) is 0 Å². The Morgan fingerprint density at radius 3 is 2.67 bits per heavy atom. The first-order chi connectivity index (χ1) is 11.5. The molecule has 0 aliphatic carbocycles. The van der Waals surface area contributed by atoms with E-state index in [0.29, 0.717) is 13.1 Å². The zero-order chi connectivity index (χ0) is 17.1. The number of nitrogens with zero attached hydrogens (tertiary/aromatic N) is 1. The SMILES string of the molecule is O=C(NC1CC(=O)N(Cc2ccccc2)C1)c1cc(F)ccc1F. The third-order valence-electron chi connectivity index (χ3n) is 3.94. The van der Waals surface area contributed by atoms with Gasteiger partial charge in [0, 0.05) is 19.5 Å². The third kappa shape index (κ3) is 3.59. The van der Waals surface area contributed by atoms with E-state index in [2.05, 4.69) is 5.32 Å². The van der Waals surface area contributed by atoms with Crippen LogP contribution in [-0.2, 0) is 11.3 Å². The summed E-state index contributed by atoms with van der Waals surface area (Å²) in [6.45, 7) is 0.802. The quantitative estimate of drug-likeness (QED) is 0.936. The summed E-state index contributed by atoms with van der Waals surface area (Å²) in [5.41, 5.74) is 0.637. The van der Waals surface area contributed by atoms with Gasteiger partial charge in [-0.05, 0) is 23.8 Å². The van der Waals surface area contributed by atoms with Crippen molar-refractivity contribution in [2.45, 2.75) is 19.0 Å². The largest absolute Gasteiger partial charge is 0.347 e. The number of hydrogen-bond donors (Lipinski definition) is 1. The maximum atomic E-state index is 13.6. The monoisotopic (exact) mass is 330 g/mol. The van der Waals surface area contributed by atoms with Crippen LogP contribution in [-0.4, -0.2) is 29.3 Å². The summed E-state index contributed by atoms with van der Waals surface area (Å²) in [5, 5.41) is 2.60. The Balaban J connectivity index is 1.63. The Bertz CT molecular complexity index is 765. The van der Waals surface area contributed by atoms with Gasteiger partial charge in [0.05, 0.1) is 11.6 Å². The van der Waals surface area contributed by atoms with Crippen molar-refractivity contribution >= 4 is 11.8 Å². The zero-order valence-electron chi connectivity index (χ0n) is 12.8. The van der Waals surface area contributed by atoms with Crippen molar-refractivity contribution < 1.29 is 18.4 Å². The molecule has 0 radical (unpaired) electrons. The highest BCUT2D eigenvalue weighted by molar-refractivity contribution is 5.95. The van der Waals surface area contributed by atoms with Gasteiger partial charge >= 0.3 is 0 Å². The summed E-state index contributed by atoms with van der Waals surface area (Å²) in [5.74, 6) is -2.27. The van der Waals surface area contributed by atoms with E-state index in [4.69, 9.17) is 0 Å². The molecule has 1 atom stereocenters. The second-order valence-corrected chi connectivity index (χ2v) is 5.76. The number of rotatable bonds is 4. The van der Waals surface area contributed by atoms with Gasteiger partial charge in [-0.2, -0.15) is 0 Å². The van der Waals surface area contributed by atoms with Crippen LogP contribution in [0.15, 0.2) is 48.5 Å². The van der Waals surface area contributed by atoms with E-state index in [1.807, 2.05) is 30.3 Å². The minimum absolute atomic E-state index is 0.0798. The summed E-state index contributed by atoms with van der Waals surface area (Å²) in [4.78, 5) is 25.8. The summed E-state index contributed by atoms with van der Waals surface area (Å²) >= 11 is 0. The Hall–Kier alpha value is -2.76. The Labute approximate surface area is 138 Å². The standard InChI is InChI=1S/C18H16F2N2O2/c19-13-6-7-16(20)15(8-13)18(24)21-14-9-17(23)22(11-14)10-12-4-2-1-3-5-12/h1-8,14H,9-11H2,(H,21,24). The van der Waals surface area contributed by atoms with Crippen molar-refractivity contribution in [1.29, 1.82) is 0 Å². The molecule has 1 fully saturated rings. The molecular formula is C18H16F2N2O2. The maximum Gasteiger partial charge on any atom is 0.254 e. The molecule has 24 heavy (non-hydrogen) atoms. The lowest BCUT2D eigenvalue weighted by atomic mass is 10.1. The highest BCUT2D eigenvalue weighted by atomic mass is 19.1. The average Bonchev–Trinajstić information content (AvgIpc) is 2.90. The smallest absolute Gasteiger partial charge is 0.254 e. The highest BCUT2D eigenvalue weighted by Gasteiger charge is 2.31. The van der Waals surface area contributed by atoms with Crippen molar-refractivity contribution in [3.63, 3.8) is 0 Å². The second kappa shape index (κ2) is 6.78. The lowest BCUT2D eigenvalue weighted by Crippen LogP contribution is -2.37. The lowest BCUT2D eigenvalue weighted by molar-refractivity contribution is -0.128. The molecule has 3 rings (SSSR count). The van der Waals surface area contributed by atoms with Crippen LogP contribution < -0.4 is 5.32 Å². The van der Waals surface area contributed by atoms with Crippen LogP contribution in [0.1, 0.15) is 22.3 Å². The van der Waals surface area contributed by atoms with E-state index in [1.54, 1.807) is 4.90 Å². The van der Waals surface area contributed by atoms with Crippen LogP contribution in [0, 0.1) is 11.6 Å². The van der Waals surface area contributed by atoms with Gasteiger partial charge < -0.3 is 10.2 Å². The van der Waals surface area contributed by atoms with E-state index in [0.717, 1.165) is 23.8 Å². The number of halogens is 2. The number of benzene rings is 2. The minimum atomic E-state index is -0.792. The molecule has 1 heterocycles. The van der Waals surface area contributed by atoms with Gasteiger partial charge in [-0.3, -0.25) is 9.59 Å². The van der Waals surface area contributed by atoms with Gasteiger partial charge in [-0.15, -0.1) is 0 Å². The molecule has 1 aliphatic rings. The average molecular weight is 330 g/mol. The molecule has 0 aromatic heterocycles. The molecule has 0 bridgehead atoms. The molecule has 1 N–H and O–H groups in total. The van der Waals surface area contributed by atoms with Crippen molar-refractivity contribution in [1.82, 2.24) is 10.2 Å². The summed E-state index contributed by atoms with van der Waals surface area (Å²) in [6, 6.07) is 11.8. The molecule has 1 saturated heterocycles. The number of likely N-dealkylation sites (tertiary alicyclic amines) is 1. The Morgan fingerprint density at radius 2 is 1.92 bits per heavy atom. The maximum absolute atomic E-state index is 13.6. The molecule has 2 aromatic rings. The first kappa shape index (κ1) is 16.1. The van der Waals surface area contributed by atoms with E-state index < -0.39 is 23.6 Å². The van der Waals surface area contributed by atoms with Crippen LogP contribution in [0.4, 0.5) is 8.78 Å². The van der Waals surface area contributed by atoms with Gasteiger partial charge in [-0.25, -0.2) is 8.78 Å². The van der Waals surface area contributed by atoms with E-state index in [9.17, 15) is 18.4 Å². The number of hydrogen-bond acceptors (Lipinski definition) is 2. The molecule has 2 aromatic carbocycles. The first-order valence-electron chi connectivity index (χ1n) is 7.60. The van der Waals surface area contributed by atoms with Crippen LogP contribution >= 0.6 is 0 Å². The summed E-state index contributed by atoms with van der Waals surface area (Å²) in [6.07, 6.45) is 0.148. The van der Waals surface area contributed by atoms with Gasteiger partial charge in [0.15, 0.2) is 0 Å². The predicted molar refractivity (Wildman–Crippen MR) is 84.1 cm³/mol. The zero-order valence-corrected chi connectivity index (χ0v) is 12.8. The fourth-order valence-corrected chi connectivity index (χ4v) is 2.76. The number of nitrogens with one attached hydrogen (secondary N) is 1. The predicted octanol–water partition coefficient (Wildman–Crippen LogP) is 2.50. The lowest BCUT2D eigenvalue weighted by Gasteiger charge is -2.17. The molecule has 1 unspecified atom stereocenters. The summed E-state index contributed by atoms with van der Waals surface area (Å²) < 4.78 is 26.8. The summed E-state index contributed by atoms with van der Waals surface area (Å²) in [7, 11) is 0. The first-order valence-corrected chi connectivity index (χ1v) is 7.60. The fraction of sp³-hybridized carbons (Fsp3) is 0.222. The van der Waals surface area contributed by atoms with Crippen molar-refractivity contribution in [3.05, 3.63) is 71.3 Å². The van der Waals surface area contributed by atoms with Crippen LogP contribution in [0.3, 0.4) is 0 Å². The number of carbonyl (C=O) groups is 2. The number of amides is 2. The van der Waals surface area contributed by atoms with E-state index >= 15 is 0 Å². The topological polar surface area (TPSA) is 49.4 Å². The van der Waals surface area contributed by atoms with Crippen molar-refractivity contribution in [2.24, 2.45) is 0 Å². The van der Waals surface area contributed by atoms with Gasteiger partial charge in [0.25, 0.3) is 5.91 Å². The van der Waals surface area contributed by atoms with Gasteiger partial charge in [0.2, 0.25) is 5.91 Å². The number of carbonyl (C=O) groups excluding carboxylic acids is 2. The molecule has 0 saturated carbocycles. The minimum Gasteiger partial charge on any atom is -0.347 e. The van der Waals surface area contributed by atoms with Crippen LogP contribution in [0.2, 0.25) is 0 Å². The van der Waals surface area contributed by atoms with Gasteiger partial charge in [-0.1, -0.05) is 30.3 Å². The normalized spacial score (nSPS) is 17.2. The highest BCUT2D eigenvalue weighted by Crippen LogP contribution is 2.16. The molecule has 2 amide bonds. The third-order valence-corrected chi connectivity index (χ3v) is 3.94. The Kier molecular flexibility index (Phi) is 4.55. The molecule has 6 heteroatoms. The molecule has 0 spiro atoms. The van der Waals surface area contributed by atoms with Gasteiger partial charge in [0.1, 0.15) is 11.6 Å². The van der Waals surface area contributed by atoms with Crippen molar-refractivity contribution in [2.75, 3.05) is 6.54 Å². The molecule has 124 valence electrons. The van der Waals surface area contributed by atoms with E-state index in [1.165, 1.54) is 0 Å². The van der Waals surface area contributed by atoms with Crippen LogP contribution in [0.5, 0.6) is 0 Å². The molecular weight excluding hydrogens is 314 g/mol. The second-order valence-electron chi connectivity index (χ2n) is 5.76. The molecule has 4 nitrogen and oxygen atoms in total. The molecule has 1 aliphatic heterocycles. The fourth-order valence-electron chi connectivity index (χ4n) is 2.76. The Morgan fingerprint density at radius 1 is 1.17 bits per heavy atom.